The summed E-state index contributed by atoms with van der Waals surface area (Å²) in [6.45, 7) is 3.79. The van der Waals surface area contributed by atoms with Crippen LogP contribution in [0.2, 0.25) is 0 Å². The van der Waals surface area contributed by atoms with E-state index in [0.29, 0.717) is 12.5 Å². The van der Waals surface area contributed by atoms with Gasteiger partial charge in [-0.3, -0.25) is 4.79 Å². The van der Waals surface area contributed by atoms with Crippen LogP contribution < -0.4 is 5.32 Å². The summed E-state index contributed by atoms with van der Waals surface area (Å²) in [5.74, 6) is 0.247. The third-order valence-corrected chi connectivity index (χ3v) is 3.55. The standard InChI is InChI=1S/C14H20N2O/c1-11-5-3-4-6-12(11)9-14(17)16-8-7-13(10-16)15-2/h3-6,13,15H,7-10H2,1-2H3. The lowest BCUT2D eigenvalue weighted by atomic mass is 10.1. The molecule has 1 aliphatic heterocycles. The monoisotopic (exact) mass is 232 g/mol. The molecule has 1 N–H and O–H groups in total. The zero-order valence-electron chi connectivity index (χ0n) is 10.6. The lowest BCUT2D eigenvalue weighted by Gasteiger charge is -2.17. The number of benzene rings is 1. The SMILES string of the molecule is CNC1CCN(C(=O)Cc2ccccc2C)C1. The topological polar surface area (TPSA) is 32.3 Å². The molecule has 0 aromatic heterocycles. The van der Waals surface area contributed by atoms with Crippen LogP contribution in [0.5, 0.6) is 0 Å². The summed E-state index contributed by atoms with van der Waals surface area (Å²) in [7, 11) is 1.96. The van der Waals surface area contributed by atoms with E-state index in [1.54, 1.807) is 0 Å². The zero-order valence-corrected chi connectivity index (χ0v) is 10.6. The van der Waals surface area contributed by atoms with Crippen molar-refractivity contribution in [3.8, 4) is 0 Å². The molecule has 0 bridgehead atoms. The number of rotatable bonds is 3. The minimum atomic E-state index is 0.247. The molecule has 1 aromatic carbocycles. The van der Waals surface area contributed by atoms with Gasteiger partial charge in [-0.15, -0.1) is 0 Å². The van der Waals surface area contributed by atoms with Crippen LogP contribution >= 0.6 is 0 Å². The average molecular weight is 232 g/mol. The van der Waals surface area contributed by atoms with Crippen molar-refractivity contribution in [2.45, 2.75) is 25.8 Å². The highest BCUT2D eigenvalue weighted by molar-refractivity contribution is 5.79. The smallest absolute Gasteiger partial charge is 0.227 e. The Morgan fingerprint density at radius 2 is 2.24 bits per heavy atom. The van der Waals surface area contributed by atoms with Crippen LogP contribution in [0.1, 0.15) is 17.5 Å². The average Bonchev–Trinajstić information content (AvgIpc) is 2.81. The maximum Gasteiger partial charge on any atom is 0.227 e. The van der Waals surface area contributed by atoms with Gasteiger partial charge in [0, 0.05) is 19.1 Å². The van der Waals surface area contributed by atoms with Crippen LogP contribution in [0.3, 0.4) is 0 Å². The molecule has 0 aliphatic carbocycles. The first-order chi connectivity index (χ1) is 8.20. The van der Waals surface area contributed by atoms with E-state index in [2.05, 4.69) is 18.3 Å². The number of nitrogens with one attached hydrogen (secondary N) is 1. The van der Waals surface area contributed by atoms with Crippen LogP contribution in [-0.4, -0.2) is 37.0 Å². The summed E-state index contributed by atoms with van der Waals surface area (Å²) < 4.78 is 0. The van der Waals surface area contributed by atoms with Crippen LogP contribution in [0, 0.1) is 6.92 Å². The summed E-state index contributed by atoms with van der Waals surface area (Å²) in [4.78, 5) is 14.1. The first-order valence-corrected chi connectivity index (χ1v) is 6.20. The van der Waals surface area contributed by atoms with Crippen LogP contribution in [0.15, 0.2) is 24.3 Å². The predicted octanol–water partition coefficient (Wildman–Crippen LogP) is 1.36. The first-order valence-electron chi connectivity index (χ1n) is 6.20. The number of nitrogens with zero attached hydrogens (tertiary/aromatic N) is 1. The fraction of sp³-hybridized carbons (Fsp3) is 0.500. The number of likely N-dealkylation sites (tertiary alicyclic amines) is 1. The summed E-state index contributed by atoms with van der Waals surface area (Å²) in [6, 6.07) is 8.57. The van der Waals surface area contributed by atoms with Crippen LogP contribution in [0.4, 0.5) is 0 Å². The van der Waals surface area contributed by atoms with Gasteiger partial charge >= 0.3 is 0 Å². The van der Waals surface area contributed by atoms with Crippen molar-refractivity contribution in [2.75, 3.05) is 20.1 Å². The Bertz CT molecular complexity index is 403. The molecule has 1 aromatic rings. The van der Waals surface area contributed by atoms with E-state index in [4.69, 9.17) is 0 Å². The molecule has 1 unspecified atom stereocenters. The molecular weight excluding hydrogens is 212 g/mol. The Morgan fingerprint density at radius 1 is 1.47 bits per heavy atom. The van der Waals surface area contributed by atoms with Crippen molar-refractivity contribution >= 4 is 5.91 Å². The second-order valence-corrected chi connectivity index (χ2v) is 4.72. The lowest BCUT2D eigenvalue weighted by molar-refractivity contribution is -0.129. The second kappa shape index (κ2) is 5.32. The van der Waals surface area contributed by atoms with Crippen molar-refractivity contribution in [1.82, 2.24) is 10.2 Å². The maximum atomic E-state index is 12.1. The molecule has 92 valence electrons. The molecule has 2 rings (SSSR count). The van der Waals surface area contributed by atoms with Crippen molar-refractivity contribution in [1.29, 1.82) is 0 Å². The third kappa shape index (κ3) is 2.86. The molecule has 17 heavy (non-hydrogen) atoms. The number of aryl methyl sites for hydroxylation is 1. The molecule has 1 fully saturated rings. The zero-order chi connectivity index (χ0) is 12.3. The summed E-state index contributed by atoms with van der Waals surface area (Å²) in [5.41, 5.74) is 2.34. The Labute approximate surface area is 103 Å². The molecule has 1 aliphatic rings. The fourth-order valence-corrected chi connectivity index (χ4v) is 2.31. The van der Waals surface area contributed by atoms with Gasteiger partial charge in [0.2, 0.25) is 5.91 Å². The minimum Gasteiger partial charge on any atom is -0.341 e. The number of hydrogen-bond acceptors (Lipinski definition) is 2. The van der Waals surface area contributed by atoms with E-state index in [9.17, 15) is 4.79 Å². The van der Waals surface area contributed by atoms with E-state index >= 15 is 0 Å². The van der Waals surface area contributed by atoms with Gasteiger partial charge in [0.05, 0.1) is 6.42 Å². The number of amides is 1. The summed E-state index contributed by atoms with van der Waals surface area (Å²) >= 11 is 0. The van der Waals surface area contributed by atoms with Gasteiger partial charge in [0.15, 0.2) is 0 Å². The largest absolute Gasteiger partial charge is 0.341 e. The number of carbonyl (C=O) groups is 1. The second-order valence-electron chi connectivity index (χ2n) is 4.72. The lowest BCUT2D eigenvalue weighted by Crippen LogP contribution is -2.34. The first kappa shape index (κ1) is 12.1. The molecule has 1 atom stereocenters. The summed E-state index contributed by atoms with van der Waals surface area (Å²) in [5, 5.41) is 3.23. The highest BCUT2D eigenvalue weighted by atomic mass is 16.2. The van der Waals surface area contributed by atoms with E-state index in [1.807, 2.05) is 30.1 Å². The molecule has 1 heterocycles. The van der Waals surface area contributed by atoms with Gasteiger partial charge in [-0.1, -0.05) is 24.3 Å². The Hall–Kier alpha value is -1.35. The molecule has 3 nitrogen and oxygen atoms in total. The highest BCUT2D eigenvalue weighted by Gasteiger charge is 2.24. The van der Waals surface area contributed by atoms with E-state index in [0.717, 1.165) is 25.1 Å². The molecule has 1 amide bonds. The Morgan fingerprint density at radius 3 is 2.88 bits per heavy atom. The van der Waals surface area contributed by atoms with E-state index < -0.39 is 0 Å². The van der Waals surface area contributed by atoms with Crippen LogP contribution in [0.25, 0.3) is 0 Å². The molecule has 0 spiro atoms. The Balaban J connectivity index is 1.96. The minimum absolute atomic E-state index is 0.247. The van der Waals surface area contributed by atoms with Crippen molar-refractivity contribution in [2.24, 2.45) is 0 Å². The quantitative estimate of drug-likeness (QED) is 0.853. The molecule has 0 radical (unpaired) electrons. The van der Waals surface area contributed by atoms with Gasteiger partial charge in [-0.25, -0.2) is 0 Å². The molecular formula is C14H20N2O. The van der Waals surface area contributed by atoms with Crippen molar-refractivity contribution in [3.63, 3.8) is 0 Å². The Kier molecular flexibility index (Phi) is 3.79. The van der Waals surface area contributed by atoms with E-state index in [1.165, 1.54) is 5.56 Å². The van der Waals surface area contributed by atoms with Gasteiger partial charge in [0.25, 0.3) is 0 Å². The third-order valence-electron chi connectivity index (χ3n) is 3.55. The fourth-order valence-electron chi connectivity index (χ4n) is 2.31. The molecule has 1 saturated heterocycles. The van der Waals surface area contributed by atoms with Gasteiger partial charge in [0.1, 0.15) is 0 Å². The molecule has 0 saturated carbocycles. The summed E-state index contributed by atoms with van der Waals surface area (Å²) in [6.07, 6.45) is 1.60. The predicted molar refractivity (Wildman–Crippen MR) is 68.9 cm³/mol. The van der Waals surface area contributed by atoms with Crippen molar-refractivity contribution in [3.05, 3.63) is 35.4 Å². The number of carbonyl (C=O) groups excluding carboxylic acids is 1. The van der Waals surface area contributed by atoms with Gasteiger partial charge in [-0.05, 0) is 31.5 Å². The number of hydrogen-bond donors (Lipinski definition) is 1. The van der Waals surface area contributed by atoms with Gasteiger partial charge in [-0.2, -0.15) is 0 Å². The molecule has 3 heteroatoms. The number of likely N-dealkylation sites (N-methyl/N-ethyl adjacent to an activating group) is 1. The van der Waals surface area contributed by atoms with E-state index in [-0.39, 0.29) is 5.91 Å². The highest BCUT2D eigenvalue weighted by Crippen LogP contribution is 2.13. The van der Waals surface area contributed by atoms with Crippen LogP contribution in [-0.2, 0) is 11.2 Å². The van der Waals surface area contributed by atoms with Crippen molar-refractivity contribution < 1.29 is 4.79 Å². The maximum absolute atomic E-state index is 12.1. The van der Waals surface area contributed by atoms with Gasteiger partial charge < -0.3 is 10.2 Å². The normalized spacial score (nSPS) is 19.6.